The summed E-state index contributed by atoms with van der Waals surface area (Å²) >= 11 is 0. The monoisotopic (exact) mass is 265 g/mol. The van der Waals surface area contributed by atoms with Gasteiger partial charge < -0.3 is 25.8 Å². The van der Waals surface area contributed by atoms with E-state index in [0.29, 0.717) is 17.1 Å². The van der Waals surface area contributed by atoms with Gasteiger partial charge in [0.1, 0.15) is 11.8 Å². The number of rotatable bonds is 5. The van der Waals surface area contributed by atoms with Crippen molar-refractivity contribution >= 4 is 23.3 Å². The summed E-state index contributed by atoms with van der Waals surface area (Å²) in [4.78, 5) is 22.0. The normalized spacial score (nSPS) is 14.9. The highest BCUT2D eigenvalue weighted by Gasteiger charge is 2.17. The van der Waals surface area contributed by atoms with Crippen LogP contribution in [0.25, 0.3) is 0 Å². The molecule has 0 aromatic heterocycles. The number of hydrogen-bond donors (Lipinski definition) is 4. The van der Waals surface area contributed by atoms with Gasteiger partial charge in [-0.05, 0) is 25.2 Å². The van der Waals surface area contributed by atoms with Gasteiger partial charge in [-0.2, -0.15) is 0 Å². The molecule has 0 bridgehead atoms. The Hall–Kier alpha value is -2.28. The highest BCUT2D eigenvalue weighted by molar-refractivity contribution is 5.96. The molecular weight excluding hydrogens is 250 g/mol. The first kappa shape index (κ1) is 13.2. The van der Waals surface area contributed by atoms with E-state index >= 15 is 0 Å². The lowest BCUT2D eigenvalue weighted by atomic mass is 10.2. The lowest BCUT2D eigenvalue weighted by molar-refractivity contribution is -0.138. The first-order chi connectivity index (χ1) is 9.10. The number of carboxylic acids is 1. The SMILES string of the molecule is CNC(CNc1ccc2c(c1)NC(=O)CO2)C(=O)O. The van der Waals surface area contributed by atoms with E-state index in [1.165, 1.54) is 0 Å². The summed E-state index contributed by atoms with van der Waals surface area (Å²) in [7, 11) is 1.58. The second-order valence-corrected chi connectivity index (χ2v) is 4.11. The number of carboxylic acid groups (broad SMARTS) is 1. The van der Waals surface area contributed by atoms with Gasteiger partial charge in [0.2, 0.25) is 0 Å². The van der Waals surface area contributed by atoms with Crippen molar-refractivity contribution in [3.8, 4) is 5.75 Å². The third kappa shape index (κ3) is 3.14. The van der Waals surface area contributed by atoms with Gasteiger partial charge in [-0.25, -0.2) is 0 Å². The standard InChI is InChI=1S/C12H15N3O4/c1-13-9(12(17)18)5-14-7-2-3-10-8(4-7)15-11(16)6-19-10/h2-4,9,13-14H,5-6H2,1H3,(H,15,16)(H,17,18). The van der Waals surface area contributed by atoms with Crippen molar-refractivity contribution in [2.24, 2.45) is 0 Å². The number of anilines is 2. The van der Waals surface area contributed by atoms with Crippen LogP contribution in [0.5, 0.6) is 5.75 Å². The van der Waals surface area contributed by atoms with Crippen molar-refractivity contribution in [1.82, 2.24) is 5.32 Å². The minimum atomic E-state index is -0.926. The number of likely N-dealkylation sites (N-methyl/N-ethyl adjacent to an activating group) is 1. The summed E-state index contributed by atoms with van der Waals surface area (Å²) in [6.07, 6.45) is 0. The Kier molecular flexibility index (Phi) is 3.86. The Morgan fingerprint density at radius 1 is 1.58 bits per heavy atom. The lowest BCUT2D eigenvalue weighted by Crippen LogP contribution is -2.39. The Morgan fingerprint density at radius 2 is 2.37 bits per heavy atom. The molecule has 1 aliphatic heterocycles. The maximum Gasteiger partial charge on any atom is 0.322 e. The quantitative estimate of drug-likeness (QED) is 0.602. The van der Waals surface area contributed by atoms with E-state index < -0.39 is 12.0 Å². The molecule has 1 amide bonds. The van der Waals surface area contributed by atoms with Crippen LogP contribution in [0.4, 0.5) is 11.4 Å². The summed E-state index contributed by atoms with van der Waals surface area (Å²) in [6.45, 7) is 0.250. The van der Waals surface area contributed by atoms with E-state index in [1.807, 2.05) is 0 Å². The molecule has 1 aromatic carbocycles. The maximum absolute atomic E-state index is 11.2. The molecular formula is C12H15N3O4. The lowest BCUT2D eigenvalue weighted by Gasteiger charge is -2.19. The van der Waals surface area contributed by atoms with Crippen LogP contribution in [-0.2, 0) is 9.59 Å². The minimum absolute atomic E-state index is 0.0145. The van der Waals surface area contributed by atoms with Crippen molar-refractivity contribution in [3.63, 3.8) is 0 Å². The number of carbonyl (C=O) groups excluding carboxylic acids is 1. The Bertz CT molecular complexity index is 504. The van der Waals surface area contributed by atoms with Crippen LogP contribution in [-0.4, -0.2) is 43.2 Å². The molecule has 1 unspecified atom stereocenters. The molecule has 0 radical (unpaired) electrons. The molecule has 0 saturated carbocycles. The number of hydrogen-bond acceptors (Lipinski definition) is 5. The van der Waals surface area contributed by atoms with E-state index in [0.717, 1.165) is 0 Å². The number of nitrogens with one attached hydrogen (secondary N) is 3. The molecule has 0 aliphatic carbocycles. The molecule has 1 aliphatic rings. The average Bonchev–Trinajstić information content (AvgIpc) is 2.38. The van der Waals surface area contributed by atoms with E-state index in [-0.39, 0.29) is 19.1 Å². The molecule has 4 N–H and O–H groups in total. The fraction of sp³-hybridized carbons (Fsp3) is 0.333. The van der Waals surface area contributed by atoms with E-state index in [1.54, 1.807) is 25.2 Å². The zero-order valence-electron chi connectivity index (χ0n) is 10.4. The molecule has 19 heavy (non-hydrogen) atoms. The largest absolute Gasteiger partial charge is 0.482 e. The predicted octanol–water partition coefficient (Wildman–Crippen LogP) is 0.102. The molecule has 0 fully saturated rings. The molecule has 1 atom stereocenters. The number of carbonyl (C=O) groups is 2. The van der Waals surface area contributed by atoms with Gasteiger partial charge in [0.25, 0.3) is 5.91 Å². The second kappa shape index (κ2) is 5.57. The van der Waals surface area contributed by atoms with Crippen LogP contribution in [0, 0.1) is 0 Å². The summed E-state index contributed by atoms with van der Waals surface area (Å²) in [5, 5.41) is 17.3. The molecule has 0 spiro atoms. The summed E-state index contributed by atoms with van der Waals surface area (Å²) < 4.78 is 5.23. The molecule has 7 nitrogen and oxygen atoms in total. The third-order valence-corrected chi connectivity index (χ3v) is 2.77. The molecule has 1 aromatic rings. The van der Waals surface area contributed by atoms with Crippen molar-refractivity contribution in [2.75, 3.05) is 30.8 Å². The highest BCUT2D eigenvalue weighted by atomic mass is 16.5. The van der Waals surface area contributed by atoms with E-state index in [9.17, 15) is 9.59 Å². The van der Waals surface area contributed by atoms with Crippen molar-refractivity contribution in [2.45, 2.75) is 6.04 Å². The third-order valence-electron chi connectivity index (χ3n) is 2.77. The van der Waals surface area contributed by atoms with Crippen LogP contribution in [0.2, 0.25) is 0 Å². The average molecular weight is 265 g/mol. The van der Waals surface area contributed by atoms with Crippen LogP contribution in [0.1, 0.15) is 0 Å². The molecule has 0 saturated heterocycles. The Balaban J connectivity index is 2.04. The zero-order chi connectivity index (χ0) is 13.8. The fourth-order valence-electron chi connectivity index (χ4n) is 1.73. The van der Waals surface area contributed by atoms with E-state index in [4.69, 9.17) is 9.84 Å². The smallest absolute Gasteiger partial charge is 0.322 e. The van der Waals surface area contributed by atoms with Gasteiger partial charge in [-0.15, -0.1) is 0 Å². The molecule has 102 valence electrons. The molecule has 2 rings (SSSR count). The Labute approximate surface area is 109 Å². The Morgan fingerprint density at radius 3 is 3.05 bits per heavy atom. The molecule has 7 heteroatoms. The van der Waals surface area contributed by atoms with Gasteiger partial charge in [0.05, 0.1) is 5.69 Å². The van der Waals surface area contributed by atoms with E-state index in [2.05, 4.69) is 16.0 Å². The van der Waals surface area contributed by atoms with Crippen molar-refractivity contribution in [1.29, 1.82) is 0 Å². The number of benzene rings is 1. The maximum atomic E-state index is 11.2. The number of fused-ring (bicyclic) bond motifs is 1. The van der Waals surface area contributed by atoms with Crippen molar-refractivity contribution < 1.29 is 19.4 Å². The number of amides is 1. The summed E-state index contributed by atoms with van der Waals surface area (Å²) in [6, 6.07) is 4.53. The van der Waals surface area contributed by atoms with Crippen LogP contribution in [0.15, 0.2) is 18.2 Å². The minimum Gasteiger partial charge on any atom is -0.482 e. The van der Waals surface area contributed by atoms with Gasteiger partial charge in [0.15, 0.2) is 6.61 Å². The van der Waals surface area contributed by atoms with Gasteiger partial charge in [-0.1, -0.05) is 0 Å². The van der Waals surface area contributed by atoms with Gasteiger partial charge in [-0.3, -0.25) is 9.59 Å². The zero-order valence-corrected chi connectivity index (χ0v) is 10.4. The van der Waals surface area contributed by atoms with Crippen LogP contribution < -0.4 is 20.7 Å². The number of aliphatic carboxylic acids is 1. The summed E-state index contributed by atoms with van der Waals surface area (Å²) in [5.41, 5.74) is 1.30. The first-order valence-electron chi connectivity index (χ1n) is 5.81. The van der Waals surface area contributed by atoms with Crippen LogP contribution >= 0.6 is 0 Å². The first-order valence-corrected chi connectivity index (χ1v) is 5.81. The second-order valence-electron chi connectivity index (χ2n) is 4.11. The van der Waals surface area contributed by atoms with Crippen molar-refractivity contribution in [3.05, 3.63) is 18.2 Å². The fourth-order valence-corrected chi connectivity index (χ4v) is 1.73. The van der Waals surface area contributed by atoms with Gasteiger partial charge in [0, 0.05) is 12.2 Å². The summed E-state index contributed by atoms with van der Waals surface area (Å²) in [5.74, 6) is -0.526. The molecule has 1 heterocycles. The predicted molar refractivity (Wildman–Crippen MR) is 69.5 cm³/mol. The van der Waals surface area contributed by atoms with Gasteiger partial charge >= 0.3 is 5.97 Å². The topological polar surface area (TPSA) is 99.7 Å². The number of ether oxygens (including phenoxy) is 1. The van der Waals surface area contributed by atoms with Crippen LogP contribution in [0.3, 0.4) is 0 Å². The highest BCUT2D eigenvalue weighted by Crippen LogP contribution is 2.30.